The Balaban J connectivity index is 2.01. The van der Waals surface area contributed by atoms with Gasteiger partial charge in [0.25, 0.3) is 0 Å². The third-order valence-electron chi connectivity index (χ3n) is 3.78. The number of carbonyl (C=O) groups excluding carboxylic acids is 2. The van der Waals surface area contributed by atoms with Gasteiger partial charge in [0.2, 0.25) is 0 Å². The van der Waals surface area contributed by atoms with Crippen LogP contribution >= 0.6 is 22.6 Å². The molecule has 0 amide bonds. The normalized spacial score (nSPS) is 17.0. The predicted molar refractivity (Wildman–Crippen MR) is 91.3 cm³/mol. The zero-order chi connectivity index (χ0) is 15.1. The summed E-state index contributed by atoms with van der Waals surface area (Å²) in [6, 6.07) is 13.0. The van der Waals surface area contributed by atoms with Gasteiger partial charge >= 0.3 is 0 Å². The summed E-state index contributed by atoms with van der Waals surface area (Å²) in [5, 5.41) is 0. The summed E-state index contributed by atoms with van der Waals surface area (Å²) in [7, 11) is 3.91. The molecule has 0 radical (unpaired) electrons. The second-order valence-corrected chi connectivity index (χ2v) is 6.58. The highest BCUT2D eigenvalue weighted by Gasteiger charge is 2.39. The van der Waals surface area contributed by atoms with E-state index < -0.39 is 5.92 Å². The van der Waals surface area contributed by atoms with Crippen molar-refractivity contribution in [2.24, 2.45) is 0 Å². The molecule has 0 saturated heterocycles. The Morgan fingerprint density at radius 3 is 2.14 bits per heavy atom. The fourth-order valence-corrected chi connectivity index (χ4v) is 3.12. The number of benzene rings is 2. The van der Waals surface area contributed by atoms with Gasteiger partial charge in [-0.1, -0.05) is 12.1 Å². The van der Waals surface area contributed by atoms with E-state index in [9.17, 15) is 9.59 Å². The van der Waals surface area contributed by atoms with Crippen LogP contribution in [0.25, 0.3) is 0 Å². The molecule has 2 aromatic carbocycles. The summed E-state index contributed by atoms with van der Waals surface area (Å²) in [5.41, 5.74) is 2.90. The van der Waals surface area contributed by atoms with Crippen LogP contribution in [0.4, 0.5) is 5.69 Å². The molecule has 0 heterocycles. The van der Waals surface area contributed by atoms with Crippen molar-refractivity contribution < 1.29 is 9.59 Å². The number of hydrogen-bond donors (Lipinski definition) is 0. The number of halogens is 1. The summed E-state index contributed by atoms with van der Waals surface area (Å²) in [5.74, 6) is -0.871. The van der Waals surface area contributed by atoms with E-state index in [-0.39, 0.29) is 11.6 Å². The summed E-state index contributed by atoms with van der Waals surface area (Å²) < 4.78 is 0.969. The molecular weight excluding hydrogens is 377 g/mol. The van der Waals surface area contributed by atoms with Crippen LogP contribution in [0.15, 0.2) is 42.5 Å². The van der Waals surface area contributed by atoms with Gasteiger partial charge < -0.3 is 4.90 Å². The zero-order valence-electron chi connectivity index (χ0n) is 11.8. The maximum atomic E-state index is 12.5. The van der Waals surface area contributed by atoms with Crippen LogP contribution in [0.1, 0.15) is 32.2 Å². The van der Waals surface area contributed by atoms with Gasteiger partial charge in [-0.25, -0.2) is 0 Å². The molecule has 0 bridgehead atoms. The minimum absolute atomic E-state index is 0.0916. The van der Waals surface area contributed by atoms with E-state index in [1.54, 1.807) is 12.1 Å². The fourth-order valence-electron chi connectivity index (χ4n) is 2.63. The molecule has 0 aliphatic heterocycles. The molecule has 1 unspecified atom stereocenters. The number of anilines is 1. The van der Waals surface area contributed by atoms with Gasteiger partial charge in [-0.05, 0) is 58.5 Å². The second kappa shape index (κ2) is 5.26. The highest BCUT2D eigenvalue weighted by molar-refractivity contribution is 14.1. The van der Waals surface area contributed by atoms with E-state index in [1.165, 1.54) is 0 Å². The summed E-state index contributed by atoms with van der Waals surface area (Å²) in [6.07, 6.45) is 0. The Labute approximate surface area is 137 Å². The average molecular weight is 391 g/mol. The molecule has 0 saturated carbocycles. The lowest BCUT2D eigenvalue weighted by Gasteiger charge is -2.14. The lowest BCUT2D eigenvalue weighted by atomic mass is 9.94. The first-order chi connectivity index (χ1) is 9.99. The van der Waals surface area contributed by atoms with E-state index in [0.717, 1.165) is 14.8 Å². The molecule has 3 nitrogen and oxygen atoms in total. The van der Waals surface area contributed by atoms with Gasteiger partial charge in [0.05, 0.1) is 0 Å². The smallest absolute Gasteiger partial charge is 0.178 e. The molecule has 2 aromatic rings. The second-order valence-electron chi connectivity index (χ2n) is 5.34. The Hall–Kier alpha value is -1.69. The first kappa shape index (κ1) is 14.3. The third-order valence-corrected chi connectivity index (χ3v) is 4.45. The first-order valence-electron chi connectivity index (χ1n) is 6.64. The summed E-state index contributed by atoms with van der Waals surface area (Å²) in [6.45, 7) is 0. The lowest BCUT2D eigenvalue weighted by molar-refractivity contribution is 0.0890. The van der Waals surface area contributed by atoms with Crippen molar-refractivity contribution in [3.63, 3.8) is 0 Å². The van der Waals surface area contributed by atoms with Gasteiger partial charge in [0.15, 0.2) is 11.6 Å². The largest absolute Gasteiger partial charge is 0.378 e. The van der Waals surface area contributed by atoms with Crippen molar-refractivity contribution >= 4 is 39.8 Å². The van der Waals surface area contributed by atoms with Crippen molar-refractivity contribution in [1.82, 2.24) is 0 Å². The van der Waals surface area contributed by atoms with Crippen molar-refractivity contribution in [1.29, 1.82) is 0 Å². The molecule has 1 aliphatic rings. The van der Waals surface area contributed by atoms with Crippen LogP contribution in [-0.2, 0) is 0 Å². The van der Waals surface area contributed by atoms with Gasteiger partial charge in [-0.2, -0.15) is 0 Å². The molecule has 106 valence electrons. The molecule has 3 rings (SSSR count). The van der Waals surface area contributed by atoms with Crippen LogP contribution < -0.4 is 4.90 Å². The molecular formula is C17H14INO2. The summed E-state index contributed by atoms with van der Waals surface area (Å²) >= 11 is 2.15. The Morgan fingerprint density at radius 1 is 0.905 bits per heavy atom. The molecule has 21 heavy (non-hydrogen) atoms. The molecule has 0 N–H and O–H groups in total. The number of fused-ring (bicyclic) bond motifs is 1. The van der Waals surface area contributed by atoms with E-state index >= 15 is 0 Å². The number of ketones is 2. The zero-order valence-corrected chi connectivity index (χ0v) is 13.9. The van der Waals surface area contributed by atoms with E-state index in [4.69, 9.17) is 0 Å². The highest BCUT2D eigenvalue weighted by atomic mass is 127. The van der Waals surface area contributed by atoms with Gasteiger partial charge in [-0.15, -0.1) is 0 Å². The number of hydrogen-bond acceptors (Lipinski definition) is 3. The van der Waals surface area contributed by atoms with Gasteiger partial charge in [0.1, 0.15) is 5.92 Å². The minimum Gasteiger partial charge on any atom is -0.378 e. The molecule has 0 spiro atoms. The minimum atomic E-state index is -0.686. The highest BCUT2D eigenvalue weighted by Crippen LogP contribution is 2.35. The topological polar surface area (TPSA) is 37.4 Å². The molecule has 1 atom stereocenters. The summed E-state index contributed by atoms with van der Waals surface area (Å²) in [4.78, 5) is 27.0. The van der Waals surface area contributed by atoms with E-state index in [0.29, 0.717) is 11.1 Å². The fraction of sp³-hybridized carbons (Fsp3) is 0.176. The van der Waals surface area contributed by atoms with Crippen LogP contribution in [0.3, 0.4) is 0 Å². The Kier molecular flexibility index (Phi) is 3.57. The quantitative estimate of drug-likeness (QED) is 0.581. The number of carbonyl (C=O) groups is 2. The number of rotatable bonds is 2. The van der Waals surface area contributed by atoms with E-state index in [2.05, 4.69) is 22.6 Å². The van der Waals surface area contributed by atoms with E-state index in [1.807, 2.05) is 49.3 Å². The molecule has 0 fully saturated rings. The first-order valence-corrected chi connectivity index (χ1v) is 7.72. The molecule has 4 heteroatoms. The van der Waals surface area contributed by atoms with Crippen molar-refractivity contribution in [3.8, 4) is 0 Å². The molecule has 0 aromatic heterocycles. The van der Waals surface area contributed by atoms with Gasteiger partial charge in [-0.3, -0.25) is 9.59 Å². The van der Waals surface area contributed by atoms with Crippen molar-refractivity contribution in [2.75, 3.05) is 19.0 Å². The number of Topliss-reactive ketones (excluding diaryl/α,β-unsaturated/α-hetero) is 2. The maximum absolute atomic E-state index is 12.5. The third kappa shape index (κ3) is 2.37. The average Bonchev–Trinajstić information content (AvgIpc) is 2.70. The van der Waals surface area contributed by atoms with Crippen LogP contribution in [-0.4, -0.2) is 25.7 Å². The maximum Gasteiger partial charge on any atom is 0.178 e. The Morgan fingerprint density at radius 2 is 1.52 bits per heavy atom. The monoisotopic (exact) mass is 391 g/mol. The van der Waals surface area contributed by atoms with Crippen LogP contribution in [0, 0.1) is 3.57 Å². The predicted octanol–water partition coefficient (Wildman–Crippen LogP) is 3.52. The standard InChI is InChI=1S/C17H14INO2/c1-19(2)12-6-3-10(4-7-12)15-16(20)13-8-5-11(18)9-14(13)17(15)21/h3-9,15H,1-2H3. The SMILES string of the molecule is CN(C)c1ccc(C2C(=O)c3ccc(I)cc3C2=O)cc1. The van der Waals surface area contributed by atoms with Crippen molar-refractivity contribution in [2.45, 2.75) is 5.92 Å². The van der Waals surface area contributed by atoms with Crippen LogP contribution in [0.5, 0.6) is 0 Å². The lowest BCUT2D eigenvalue weighted by Crippen LogP contribution is -2.13. The molecule has 1 aliphatic carbocycles. The Bertz CT molecular complexity index is 735. The van der Waals surface area contributed by atoms with Gasteiger partial charge in [0, 0.05) is 34.5 Å². The van der Waals surface area contributed by atoms with Crippen molar-refractivity contribution in [3.05, 3.63) is 62.7 Å². The number of nitrogens with zero attached hydrogens (tertiary/aromatic N) is 1. The van der Waals surface area contributed by atoms with Crippen LogP contribution in [0.2, 0.25) is 0 Å².